The molecule has 1 heterocycles. The summed E-state index contributed by atoms with van der Waals surface area (Å²) in [6.07, 6.45) is 1.42. The van der Waals surface area contributed by atoms with Crippen LogP contribution in [-0.2, 0) is 11.2 Å². The van der Waals surface area contributed by atoms with Crippen LogP contribution in [0.3, 0.4) is 0 Å². The lowest BCUT2D eigenvalue weighted by molar-refractivity contribution is 0.0190. The van der Waals surface area contributed by atoms with Crippen molar-refractivity contribution in [2.75, 3.05) is 26.7 Å². The summed E-state index contributed by atoms with van der Waals surface area (Å²) in [6, 6.07) is 0.0949. The van der Waals surface area contributed by atoms with Crippen molar-refractivity contribution in [1.29, 1.82) is 0 Å². The number of thiazole rings is 1. The van der Waals surface area contributed by atoms with Crippen molar-refractivity contribution in [2.45, 2.75) is 73.0 Å². The summed E-state index contributed by atoms with van der Waals surface area (Å²) in [6.45, 7) is 15.9. The van der Waals surface area contributed by atoms with Crippen molar-refractivity contribution in [3.8, 4) is 0 Å². The van der Waals surface area contributed by atoms with Crippen molar-refractivity contribution in [1.82, 2.24) is 20.5 Å². The van der Waals surface area contributed by atoms with Crippen LogP contribution in [0.5, 0.6) is 0 Å². The average molecular weight is 412 g/mol. The Morgan fingerprint density at radius 3 is 2.39 bits per heavy atom. The predicted octanol–water partition coefficient (Wildman–Crippen LogP) is 3.50. The number of guanidine groups is 1. The Labute approximate surface area is 174 Å². The molecule has 1 rings (SSSR count). The van der Waals surface area contributed by atoms with Gasteiger partial charge >= 0.3 is 6.09 Å². The first-order valence-electron chi connectivity index (χ1n) is 9.90. The predicted molar refractivity (Wildman–Crippen MR) is 117 cm³/mol. The molecular formula is C20H37N5O2S. The van der Waals surface area contributed by atoms with Gasteiger partial charge in [-0.25, -0.2) is 9.78 Å². The van der Waals surface area contributed by atoms with Crippen molar-refractivity contribution in [2.24, 2.45) is 4.99 Å². The van der Waals surface area contributed by atoms with Crippen LogP contribution < -0.4 is 10.6 Å². The lowest BCUT2D eigenvalue weighted by Gasteiger charge is -2.30. The number of aromatic nitrogens is 1. The van der Waals surface area contributed by atoms with Gasteiger partial charge in [-0.05, 0) is 54.9 Å². The fourth-order valence-corrected chi connectivity index (χ4v) is 3.43. The van der Waals surface area contributed by atoms with Crippen LogP contribution in [-0.4, -0.2) is 60.3 Å². The topological polar surface area (TPSA) is 78.9 Å². The van der Waals surface area contributed by atoms with Crippen LogP contribution in [0.1, 0.15) is 56.6 Å². The second kappa shape index (κ2) is 11.2. The normalized spacial score (nSPS) is 12.2. The number of hydrogen-bond donors (Lipinski definition) is 2. The van der Waals surface area contributed by atoms with Gasteiger partial charge in [0.05, 0.1) is 10.7 Å². The summed E-state index contributed by atoms with van der Waals surface area (Å²) >= 11 is 1.75. The number of aliphatic imine (C=N–C) groups is 1. The van der Waals surface area contributed by atoms with E-state index in [0.29, 0.717) is 6.54 Å². The molecule has 0 atom stereocenters. The molecule has 0 saturated carbocycles. The van der Waals surface area contributed by atoms with Gasteiger partial charge in [0.2, 0.25) is 0 Å². The molecule has 0 unspecified atom stereocenters. The number of carbonyl (C=O) groups excluding carboxylic acids is 1. The van der Waals surface area contributed by atoms with Gasteiger partial charge in [-0.3, -0.25) is 4.99 Å². The standard InChI is InChI=1S/C20H37N5O2S/c1-14(2)25(19(26)27-20(5,6)7)13-9-11-22-18(21-8)23-12-10-17-24-15(3)16(4)28-17/h14H,9-13H2,1-8H3,(H2,21,22,23). The minimum Gasteiger partial charge on any atom is -0.444 e. The number of amides is 1. The smallest absolute Gasteiger partial charge is 0.410 e. The first-order valence-corrected chi connectivity index (χ1v) is 10.7. The highest BCUT2D eigenvalue weighted by atomic mass is 32.1. The van der Waals surface area contributed by atoms with Gasteiger partial charge < -0.3 is 20.3 Å². The summed E-state index contributed by atoms with van der Waals surface area (Å²) in [5, 5.41) is 7.75. The third-order valence-corrected chi connectivity index (χ3v) is 5.18. The van der Waals surface area contributed by atoms with Gasteiger partial charge in [-0.15, -0.1) is 11.3 Å². The van der Waals surface area contributed by atoms with Crippen molar-refractivity contribution in [3.63, 3.8) is 0 Å². The Morgan fingerprint density at radius 2 is 1.89 bits per heavy atom. The molecule has 160 valence electrons. The Kier molecular flexibility index (Phi) is 9.72. The molecule has 1 aromatic rings. The first-order chi connectivity index (χ1) is 13.0. The molecule has 0 radical (unpaired) electrons. The summed E-state index contributed by atoms with van der Waals surface area (Å²) in [7, 11) is 1.76. The van der Waals surface area contributed by atoms with E-state index in [-0.39, 0.29) is 12.1 Å². The number of hydrogen-bond acceptors (Lipinski definition) is 5. The molecule has 28 heavy (non-hydrogen) atoms. The Morgan fingerprint density at radius 1 is 1.25 bits per heavy atom. The van der Waals surface area contributed by atoms with E-state index in [4.69, 9.17) is 4.74 Å². The van der Waals surface area contributed by atoms with Gasteiger partial charge in [0.15, 0.2) is 5.96 Å². The Balaban J connectivity index is 2.35. The maximum Gasteiger partial charge on any atom is 0.410 e. The largest absolute Gasteiger partial charge is 0.444 e. The molecular weight excluding hydrogens is 374 g/mol. The molecule has 7 nitrogen and oxygen atoms in total. The zero-order valence-corrected chi connectivity index (χ0v) is 19.5. The maximum atomic E-state index is 12.3. The van der Waals surface area contributed by atoms with Gasteiger partial charge in [0.25, 0.3) is 0 Å². The van der Waals surface area contributed by atoms with Crippen molar-refractivity contribution in [3.05, 3.63) is 15.6 Å². The SMILES string of the molecule is CN=C(NCCCN(C(=O)OC(C)(C)C)C(C)C)NCCc1nc(C)c(C)s1. The molecule has 8 heteroatoms. The van der Waals surface area contributed by atoms with E-state index < -0.39 is 5.60 Å². The van der Waals surface area contributed by atoms with E-state index in [1.54, 1.807) is 23.3 Å². The fraction of sp³-hybridized carbons (Fsp3) is 0.750. The number of nitrogens with one attached hydrogen (secondary N) is 2. The third kappa shape index (κ3) is 8.91. The lowest BCUT2D eigenvalue weighted by Crippen LogP contribution is -2.43. The third-order valence-electron chi connectivity index (χ3n) is 4.05. The van der Waals surface area contributed by atoms with Crippen LogP contribution in [0.25, 0.3) is 0 Å². The molecule has 0 aliphatic rings. The Bertz CT molecular complexity index is 630. The number of ether oxygens (including phenoxy) is 1. The van der Waals surface area contributed by atoms with E-state index in [0.717, 1.165) is 42.6 Å². The number of carbonyl (C=O) groups is 1. The molecule has 0 fully saturated rings. The molecule has 0 aliphatic carbocycles. The molecule has 1 aromatic heterocycles. The van der Waals surface area contributed by atoms with Crippen LogP contribution in [0.15, 0.2) is 4.99 Å². The maximum absolute atomic E-state index is 12.3. The van der Waals surface area contributed by atoms with Crippen molar-refractivity contribution >= 4 is 23.4 Å². The van der Waals surface area contributed by atoms with E-state index in [2.05, 4.69) is 27.5 Å². The quantitative estimate of drug-likeness (QED) is 0.389. The van der Waals surface area contributed by atoms with Gasteiger partial charge in [0, 0.05) is 44.0 Å². The summed E-state index contributed by atoms with van der Waals surface area (Å²) in [5.41, 5.74) is 0.630. The van der Waals surface area contributed by atoms with Crippen LogP contribution in [0, 0.1) is 13.8 Å². The highest BCUT2D eigenvalue weighted by molar-refractivity contribution is 7.11. The highest BCUT2D eigenvalue weighted by Gasteiger charge is 2.23. The molecule has 1 amide bonds. The summed E-state index contributed by atoms with van der Waals surface area (Å²) in [5.74, 6) is 0.762. The highest BCUT2D eigenvalue weighted by Crippen LogP contribution is 2.16. The minimum atomic E-state index is -0.483. The molecule has 0 spiro atoms. The van der Waals surface area contributed by atoms with Crippen molar-refractivity contribution < 1.29 is 9.53 Å². The zero-order chi connectivity index (χ0) is 21.3. The van der Waals surface area contributed by atoms with E-state index in [1.165, 1.54) is 4.88 Å². The van der Waals surface area contributed by atoms with E-state index in [1.807, 2.05) is 41.5 Å². The Hall–Kier alpha value is -1.83. The zero-order valence-electron chi connectivity index (χ0n) is 18.7. The van der Waals surface area contributed by atoms with Gasteiger partial charge in [-0.1, -0.05) is 0 Å². The molecule has 0 bridgehead atoms. The summed E-state index contributed by atoms with van der Waals surface area (Å²) in [4.78, 5) is 24.2. The number of aryl methyl sites for hydroxylation is 2. The lowest BCUT2D eigenvalue weighted by atomic mass is 10.2. The molecule has 0 aromatic carbocycles. The monoisotopic (exact) mass is 411 g/mol. The fourth-order valence-electron chi connectivity index (χ4n) is 2.49. The van der Waals surface area contributed by atoms with Gasteiger partial charge in [-0.2, -0.15) is 0 Å². The second-order valence-electron chi connectivity index (χ2n) is 8.05. The van der Waals surface area contributed by atoms with E-state index in [9.17, 15) is 4.79 Å². The summed E-state index contributed by atoms with van der Waals surface area (Å²) < 4.78 is 5.49. The average Bonchev–Trinajstić information content (AvgIpc) is 2.88. The van der Waals surface area contributed by atoms with Crippen LogP contribution >= 0.6 is 11.3 Å². The number of rotatable bonds is 8. The van der Waals surface area contributed by atoms with E-state index >= 15 is 0 Å². The van der Waals surface area contributed by atoms with Crippen LogP contribution in [0.2, 0.25) is 0 Å². The molecule has 0 saturated heterocycles. The molecule has 2 N–H and O–H groups in total. The molecule has 0 aliphatic heterocycles. The van der Waals surface area contributed by atoms with Gasteiger partial charge in [0.1, 0.15) is 5.60 Å². The van der Waals surface area contributed by atoms with Crippen LogP contribution in [0.4, 0.5) is 4.79 Å². The second-order valence-corrected chi connectivity index (χ2v) is 9.33. The minimum absolute atomic E-state index is 0.0949. The first kappa shape index (κ1) is 24.2. The number of nitrogens with zero attached hydrogens (tertiary/aromatic N) is 3.